The van der Waals surface area contributed by atoms with Gasteiger partial charge in [-0.15, -0.1) is 0 Å². The molecule has 2 aromatic carbocycles. The second-order valence-electron chi connectivity index (χ2n) is 6.91. The smallest absolute Gasteiger partial charge is 0.282 e. The van der Waals surface area contributed by atoms with E-state index in [1.165, 1.54) is 4.90 Å². The molecule has 0 bridgehead atoms. The highest BCUT2D eigenvalue weighted by atomic mass is 35.5. The number of imide groups is 1. The van der Waals surface area contributed by atoms with Crippen LogP contribution in [0.4, 0.5) is 5.69 Å². The fourth-order valence-corrected chi connectivity index (χ4v) is 4.15. The number of rotatable bonds is 4. The minimum atomic E-state index is -0.384. The Bertz CT molecular complexity index is 996. The van der Waals surface area contributed by atoms with Crippen LogP contribution in [0.25, 0.3) is 5.57 Å². The van der Waals surface area contributed by atoms with Crippen LogP contribution in [0.3, 0.4) is 0 Å². The van der Waals surface area contributed by atoms with Gasteiger partial charge in [0, 0.05) is 23.7 Å². The Balaban J connectivity index is 1.83. The molecule has 2 aliphatic heterocycles. The molecule has 5 nitrogen and oxygen atoms in total. The fourth-order valence-electron chi connectivity index (χ4n) is 3.65. The Hall–Kier alpha value is -2.34. The average Bonchev–Trinajstić information content (AvgIpc) is 2.99. The number of hydrogen-bond donors (Lipinski definition) is 0. The standard InChI is InChI=1S/C22H20Cl2N2O3/c1-2-14-3-6-16(7-4-14)26-21(27)19(17-8-5-15(23)13-18(17)24)20(22(26)28)25-9-11-29-12-10-25/h3-8,13H,2,9-12H2,1H3. The van der Waals surface area contributed by atoms with Crippen molar-refractivity contribution in [2.45, 2.75) is 13.3 Å². The normalized spacial score (nSPS) is 17.5. The number of aryl methyl sites for hydroxylation is 1. The number of halogens is 2. The zero-order valence-corrected chi connectivity index (χ0v) is 17.5. The summed E-state index contributed by atoms with van der Waals surface area (Å²) in [5, 5.41) is 0.804. The average molecular weight is 431 g/mol. The summed E-state index contributed by atoms with van der Waals surface area (Å²) >= 11 is 12.5. The lowest BCUT2D eigenvalue weighted by atomic mass is 10.0. The zero-order chi connectivity index (χ0) is 20.5. The molecule has 0 radical (unpaired) electrons. The van der Waals surface area contributed by atoms with E-state index in [2.05, 4.69) is 6.92 Å². The van der Waals surface area contributed by atoms with Crippen LogP contribution in [0.15, 0.2) is 48.2 Å². The first-order valence-corrected chi connectivity index (χ1v) is 10.3. The predicted molar refractivity (Wildman–Crippen MR) is 114 cm³/mol. The van der Waals surface area contributed by atoms with Crippen molar-refractivity contribution < 1.29 is 14.3 Å². The van der Waals surface area contributed by atoms with E-state index < -0.39 is 0 Å². The van der Waals surface area contributed by atoms with Crippen molar-refractivity contribution in [2.24, 2.45) is 0 Å². The molecule has 0 aliphatic carbocycles. The molecule has 0 unspecified atom stereocenters. The van der Waals surface area contributed by atoms with Gasteiger partial charge >= 0.3 is 0 Å². The van der Waals surface area contributed by atoms with Gasteiger partial charge in [-0.3, -0.25) is 9.59 Å². The van der Waals surface area contributed by atoms with Crippen LogP contribution in [-0.2, 0) is 20.7 Å². The van der Waals surface area contributed by atoms with Gasteiger partial charge in [0.2, 0.25) is 0 Å². The molecule has 0 saturated carbocycles. The quantitative estimate of drug-likeness (QED) is 0.682. The minimum Gasteiger partial charge on any atom is -0.378 e. The highest BCUT2D eigenvalue weighted by Gasteiger charge is 2.43. The first kappa shape index (κ1) is 20.0. The summed E-state index contributed by atoms with van der Waals surface area (Å²) in [7, 11) is 0. The van der Waals surface area contributed by atoms with Crippen molar-refractivity contribution in [1.29, 1.82) is 0 Å². The highest BCUT2D eigenvalue weighted by Crippen LogP contribution is 2.38. The van der Waals surface area contributed by atoms with E-state index in [0.29, 0.717) is 58.9 Å². The van der Waals surface area contributed by atoms with E-state index in [1.807, 2.05) is 17.0 Å². The number of carbonyl (C=O) groups is 2. The molecule has 1 saturated heterocycles. The molecule has 7 heteroatoms. The monoisotopic (exact) mass is 430 g/mol. The Morgan fingerprint density at radius 3 is 2.28 bits per heavy atom. The Morgan fingerprint density at radius 1 is 0.966 bits per heavy atom. The summed E-state index contributed by atoms with van der Waals surface area (Å²) in [6.45, 7) is 4.12. The molecule has 2 heterocycles. The second-order valence-corrected chi connectivity index (χ2v) is 7.76. The summed E-state index contributed by atoms with van der Waals surface area (Å²) in [6.07, 6.45) is 0.880. The molecule has 0 aromatic heterocycles. The summed E-state index contributed by atoms with van der Waals surface area (Å²) in [5.41, 5.74) is 2.85. The Morgan fingerprint density at radius 2 is 1.66 bits per heavy atom. The van der Waals surface area contributed by atoms with Crippen LogP contribution in [0.2, 0.25) is 10.0 Å². The molecule has 0 N–H and O–H groups in total. The maximum absolute atomic E-state index is 13.5. The van der Waals surface area contributed by atoms with Crippen molar-refractivity contribution in [2.75, 3.05) is 31.2 Å². The lowest BCUT2D eigenvalue weighted by Crippen LogP contribution is -2.40. The number of carbonyl (C=O) groups excluding carboxylic acids is 2. The second kappa shape index (κ2) is 8.19. The van der Waals surface area contributed by atoms with Gasteiger partial charge in [-0.25, -0.2) is 4.90 Å². The highest BCUT2D eigenvalue weighted by molar-refractivity contribution is 6.47. The van der Waals surface area contributed by atoms with Gasteiger partial charge in [-0.2, -0.15) is 0 Å². The SMILES string of the molecule is CCc1ccc(N2C(=O)C(c3ccc(Cl)cc3Cl)=C(N3CCOCC3)C2=O)cc1. The van der Waals surface area contributed by atoms with Crippen LogP contribution < -0.4 is 4.90 Å². The van der Waals surface area contributed by atoms with Gasteiger partial charge < -0.3 is 9.64 Å². The predicted octanol–water partition coefficient (Wildman–Crippen LogP) is 4.17. The lowest BCUT2D eigenvalue weighted by molar-refractivity contribution is -0.121. The van der Waals surface area contributed by atoms with Gasteiger partial charge in [0.15, 0.2) is 0 Å². The van der Waals surface area contributed by atoms with Crippen molar-refractivity contribution in [1.82, 2.24) is 4.90 Å². The third-order valence-corrected chi connectivity index (χ3v) is 5.74. The van der Waals surface area contributed by atoms with Crippen molar-refractivity contribution in [3.8, 4) is 0 Å². The summed E-state index contributed by atoms with van der Waals surface area (Å²) < 4.78 is 5.42. The van der Waals surface area contributed by atoms with Crippen LogP contribution in [-0.4, -0.2) is 43.0 Å². The van der Waals surface area contributed by atoms with E-state index in [1.54, 1.807) is 30.3 Å². The topological polar surface area (TPSA) is 49.9 Å². The van der Waals surface area contributed by atoms with Crippen molar-refractivity contribution in [3.63, 3.8) is 0 Å². The number of anilines is 1. The Kier molecular flexibility index (Phi) is 5.63. The van der Waals surface area contributed by atoms with Gasteiger partial charge in [0.25, 0.3) is 11.8 Å². The van der Waals surface area contributed by atoms with Gasteiger partial charge in [-0.1, -0.05) is 48.3 Å². The summed E-state index contributed by atoms with van der Waals surface area (Å²) in [6, 6.07) is 12.4. The number of ether oxygens (including phenoxy) is 1. The first-order chi connectivity index (χ1) is 14.0. The van der Waals surface area contributed by atoms with Crippen LogP contribution in [0.1, 0.15) is 18.1 Å². The molecule has 2 amide bonds. The molecule has 29 heavy (non-hydrogen) atoms. The first-order valence-electron chi connectivity index (χ1n) is 9.51. The van der Waals surface area contributed by atoms with Gasteiger partial charge in [0.1, 0.15) is 5.70 Å². The molecule has 1 fully saturated rings. The number of nitrogens with zero attached hydrogens (tertiary/aromatic N) is 2. The molecule has 0 atom stereocenters. The maximum atomic E-state index is 13.5. The molecule has 2 aliphatic rings. The third kappa shape index (κ3) is 3.66. The van der Waals surface area contributed by atoms with Gasteiger partial charge in [-0.05, 0) is 36.2 Å². The van der Waals surface area contributed by atoms with E-state index in [-0.39, 0.29) is 11.8 Å². The molecular weight excluding hydrogens is 411 g/mol. The van der Waals surface area contributed by atoms with E-state index in [4.69, 9.17) is 27.9 Å². The van der Waals surface area contributed by atoms with E-state index >= 15 is 0 Å². The number of hydrogen-bond acceptors (Lipinski definition) is 4. The summed E-state index contributed by atoms with van der Waals surface area (Å²) in [5.74, 6) is -0.730. The van der Waals surface area contributed by atoms with Gasteiger partial charge in [0.05, 0.1) is 29.5 Å². The molecule has 2 aromatic rings. The largest absolute Gasteiger partial charge is 0.378 e. The van der Waals surface area contributed by atoms with Crippen LogP contribution in [0.5, 0.6) is 0 Å². The lowest BCUT2D eigenvalue weighted by Gasteiger charge is -2.29. The summed E-state index contributed by atoms with van der Waals surface area (Å²) in [4.78, 5) is 30.0. The van der Waals surface area contributed by atoms with Crippen molar-refractivity contribution >= 4 is 46.3 Å². The molecule has 150 valence electrons. The molecule has 0 spiro atoms. The number of benzene rings is 2. The van der Waals surface area contributed by atoms with Crippen LogP contribution >= 0.6 is 23.2 Å². The minimum absolute atomic E-state index is 0.304. The van der Waals surface area contributed by atoms with E-state index in [9.17, 15) is 9.59 Å². The maximum Gasteiger partial charge on any atom is 0.282 e. The van der Waals surface area contributed by atoms with E-state index in [0.717, 1.165) is 12.0 Å². The molecule has 4 rings (SSSR count). The fraction of sp³-hybridized carbons (Fsp3) is 0.273. The molecular formula is C22H20Cl2N2O3. The third-order valence-electron chi connectivity index (χ3n) is 5.19. The number of morpholine rings is 1. The van der Waals surface area contributed by atoms with Crippen LogP contribution in [0, 0.1) is 0 Å². The Labute approximate surface area is 179 Å². The number of amides is 2. The van der Waals surface area contributed by atoms with Crippen molar-refractivity contribution in [3.05, 3.63) is 69.3 Å². The zero-order valence-electron chi connectivity index (χ0n) is 16.0.